The molecule has 77 heavy (non-hydrogen) atoms. The van der Waals surface area contributed by atoms with Gasteiger partial charge in [0.1, 0.15) is 66.7 Å². The number of pyridine rings is 1. The highest BCUT2D eigenvalue weighted by Gasteiger charge is 2.30. The number of oxazole rings is 2. The van der Waals surface area contributed by atoms with E-state index in [0.717, 1.165) is 34.0 Å². The van der Waals surface area contributed by atoms with Crippen molar-refractivity contribution in [2.24, 2.45) is 11.7 Å². The number of carbonyl (C=O) groups excluding carboxylic acids is 9. The molecule has 7 heterocycles. The Bertz CT molecular complexity index is 3490. The van der Waals surface area contributed by atoms with Crippen LogP contribution in [0.1, 0.15) is 126 Å². The van der Waals surface area contributed by atoms with Gasteiger partial charge in [-0.25, -0.2) is 29.9 Å². The predicted octanol–water partition coefficient (Wildman–Crippen LogP) is 3.13. The molecule has 6 aromatic rings. The molecule has 0 fully saturated rings. The minimum Gasteiger partial charge on any atom is -0.443 e. The summed E-state index contributed by atoms with van der Waals surface area (Å²) in [6.07, 6.45) is 0. The summed E-state index contributed by atoms with van der Waals surface area (Å²) in [6, 6.07) is 0.234. The van der Waals surface area contributed by atoms with Crippen molar-refractivity contribution in [2.75, 3.05) is 0 Å². The number of fused-ring (bicyclic) bond motifs is 13. The third kappa shape index (κ3) is 12.8. The average molecular weight is 1110 g/mol. The molecule has 0 aromatic carbocycles. The number of hydrogen-bond donors (Lipinski definition) is 9. The van der Waals surface area contributed by atoms with Gasteiger partial charge < -0.3 is 57.1 Å². The van der Waals surface area contributed by atoms with Crippen LogP contribution in [0.3, 0.4) is 0 Å². The van der Waals surface area contributed by atoms with Gasteiger partial charge in [-0.1, -0.05) is 40.2 Å². The maximum absolute atomic E-state index is 13.8. The van der Waals surface area contributed by atoms with Gasteiger partial charge >= 0.3 is 0 Å². The Morgan fingerprint density at radius 1 is 0.675 bits per heavy atom. The first kappa shape index (κ1) is 55.4. The number of nitrogens with one attached hydrogen (secondary N) is 8. The SMILES string of the molecule is C=C(NC(=O)C(=C)NC(=O)c1ccc2c(n1)-c1nc(oc1C)C(=C)NC(=O)C(=C)NC(=O)c1csc(n1)[C@@H](C)NC(=O)c1csc(n1)[C@@H](C)NC(=O)c1nc(oc1C)CNC(=O)[C@@H](C(C)C)NC(=O)c1csc-2n1)C(N)=O. The lowest BCUT2D eigenvalue weighted by Gasteiger charge is -2.20. The summed E-state index contributed by atoms with van der Waals surface area (Å²) in [4.78, 5) is 145. The number of nitrogens with two attached hydrogens (primary N) is 1. The topological polar surface area (TPSA) is 380 Å². The largest absolute Gasteiger partial charge is 0.443 e. The third-order valence-corrected chi connectivity index (χ3v) is 13.9. The zero-order valence-corrected chi connectivity index (χ0v) is 44.2. The van der Waals surface area contributed by atoms with Crippen LogP contribution in [0, 0.1) is 19.8 Å². The Hall–Kier alpha value is -9.35. The molecule has 0 saturated heterocycles. The Balaban J connectivity index is 1.20. The summed E-state index contributed by atoms with van der Waals surface area (Å²) >= 11 is 3.20. The molecule has 0 saturated carbocycles. The van der Waals surface area contributed by atoms with Crippen LogP contribution in [0.2, 0.25) is 0 Å². The quantitative estimate of drug-likeness (QED) is 0.108. The number of thiazole rings is 3. The number of hydrogen-bond acceptors (Lipinski definition) is 20. The fraction of sp³-hybridized carbons (Fsp3) is 0.229. The molecule has 7 rings (SSSR count). The number of nitrogens with zero attached hydrogens (tertiary/aromatic N) is 6. The zero-order chi connectivity index (χ0) is 56.2. The molecule has 1 aliphatic heterocycles. The fourth-order valence-electron chi connectivity index (χ4n) is 6.84. The van der Waals surface area contributed by atoms with Crippen LogP contribution in [0.15, 0.2) is 80.5 Å². The molecule has 0 unspecified atom stereocenters. The zero-order valence-electron chi connectivity index (χ0n) is 41.7. The van der Waals surface area contributed by atoms with Crippen molar-refractivity contribution < 1.29 is 52.0 Å². The molecule has 3 atom stereocenters. The molecule has 0 radical (unpaired) electrons. The van der Waals surface area contributed by atoms with Crippen LogP contribution in [-0.2, 0) is 25.7 Å². The van der Waals surface area contributed by atoms with Crippen molar-refractivity contribution in [1.29, 1.82) is 0 Å². The van der Waals surface area contributed by atoms with Crippen LogP contribution in [0.25, 0.3) is 27.7 Å². The van der Waals surface area contributed by atoms with Crippen molar-refractivity contribution in [3.05, 3.63) is 133 Å². The van der Waals surface area contributed by atoms with Crippen molar-refractivity contribution in [1.82, 2.24) is 72.4 Å². The second kappa shape index (κ2) is 23.0. The van der Waals surface area contributed by atoms with Crippen LogP contribution in [-0.4, -0.2) is 89.1 Å². The van der Waals surface area contributed by atoms with Crippen molar-refractivity contribution in [3.63, 3.8) is 0 Å². The Kier molecular flexibility index (Phi) is 16.6. The van der Waals surface area contributed by atoms with E-state index < -0.39 is 94.3 Å². The van der Waals surface area contributed by atoms with Gasteiger partial charge in [-0.3, -0.25) is 43.2 Å². The Morgan fingerprint density at radius 3 is 1.91 bits per heavy atom. The second-order valence-electron chi connectivity index (χ2n) is 17.1. The van der Waals surface area contributed by atoms with E-state index in [2.05, 4.69) is 98.8 Å². The lowest BCUT2D eigenvalue weighted by atomic mass is 10.0. The van der Waals surface area contributed by atoms with E-state index in [1.807, 2.05) is 0 Å². The van der Waals surface area contributed by atoms with E-state index in [9.17, 15) is 43.2 Å². The second-order valence-corrected chi connectivity index (χ2v) is 19.7. The first-order valence-corrected chi connectivity index (χ1v) is 25.4. The highest BCUT2D eigenvalue weighted by molar-refractivity contribution is 7.13. The molecular formula is C48H47N15O11S3. The minimum absolute atomic E-state index is 0.00141. The van der Waals surface area contributed by atoms with E-state index in [1.165, 1.54) is 42.1 Å². The number of carbonyl (C=O) groups is 9. The number of amides is 9. The van der Waals surface area contributed by atoms with Crippen LogP contribution in [0.5, 0.6) is 0 Å². The first-order chi connectivity index (χ1) is 36.4. The molecule has 10 bridgehead atoms. The molecule has 26 nitrogen and oxygen atoms in total. The van der Waals surface area contributed by atoms with E-state index in [0.29, 0.717) is 10.0 Å². The van der Waals surface area contributed by atoms with E-state index in [-0.39, 0.29) is 86.0 Å². The van der Waals surface area contributed by atoms with Gasteiger partial charge in [0.15, 0.2) is 5.69 Å². The number of aryl methyl sites for hydroxylation is 2. The van der Waals surface area contributed by atoms with Gasteiger partial charge in [0.25, 0.3) is 47.3 Å². The van der Waals surface area contributed by atoms with Crippen LogP contribution < -0.4 is 48.3 Å². The maximum Gasteiger partial charge on any atom is 0.275 e. The summed E-state index contributed by atoms with van der Waals surface area (Å²) in [5, 5.41) is 25.5. The van der Waals surface area contributed by atoms with Crippen molar-refractivity contribution in [2.45, 2.75) is 66.2 Å². The van der Waals surface area contributed by atoms with E-state index in [1.54, 1.807) is 27.7 Å². The monoisotopic (exact) mass is 1110 g/mol. The molecule has 10 N–H and O–H groups in total. The van der Waals surface area contributed by atoms with E-state index >= 15 is 0 Å². The summed E-state index contributed by atoms with van der Waals surface area (Å²) < 4.78 is 11.6. The molecule has 6 aromatic heterocycles. The first-order valence-electron chi connectivity index (χ1n) is 22.7. The Labute approximate surface area is 448 Å². The van der Waals surface area contributed by atoms with Crippen molar-refractivity contribution in [3.8, 4) is 22.0 Å². The molecule has 1 aliphatic rings. The van der Waals surface area contributed by atoms with Gasteiger partial charge in [-0.05, 0) is 45.7 Å². The van der Waals surface area contributed by atoms with Gasteiger partial charge in [-0.15, -0.1) is 34.0 Å². The molecule has 9 amide bonds. The van der Waals surface area contributed by atoms with Crippen LogP contribution in [0.4, 0.5) is 0 Å². The van der Waals surface area contributed by atoms with Crippen molar-refractivity contribution >= 4 is 92.9 Å². The standard InChI is InChI=1S/C48H47N15O11S3/c1-17(2)32-43(71)50-13-31-61-34(25(10)73-31)44(72)56-23(8)47-59-29(15-76-47)41(69)55-22(7)46-58-28(14-75-46)40(68)53-20(5)38(66)54-21(6)45-63-33(24(9)74-45)35-26(48-60-30(16-77-48)42(70)62-32)11-12-27(57-35)39(67)52-19(4)37(65)51-18(3)36(49)64/h11-12,14-17,22-23,32H,3-6,13H2,1-2,7-10H3,(H2,49,64)(H,50,71)(H,51,65)(H,52,67)(H,53,68)(H,54,66)(H,55,69)(H,56,72)(H,62,70)/t22-,23-,32-/m1/s1. The third-order valence-electron chi connectivity index (χ3n) is 10.9. The van der Waals surface area contributed by atoms with Gasteiger partial charge in [0.05, 0.1) is 41.4 Å². The maximum atomic E-state index is 13.8. The minimum atomic E-state index is -1.10. The summed E-state index contributed by atoms with van der Waals surface area (Å²) in [5.41, 5.74) is 3.23. The Morgan fingerprint density at radius 2 is 1.26 bits per heavy atom. The molecule has 398 valence electrons. The number of primary amides is 1. The molecular weight excluding hydrogens is 1060 g/mol. The fourth-order valence-corrected chi connectivity index (χ4v) is 9.28. The van der Waals surface area contributed by atoms with Gasteiger partial charge in [0.2, 0.25) is 17.7 Å². The lowest BCUT2D eigenvalue weighted by molar-refractivity contribution is -0.124. The highest BCUT2D eigenvalue weighted by atomic mass is 32.1. The lowest BCUT2D eigenvalue weighted by Crippen LogP contribution is -2.49. The van der Waals surface area contributed by atoms with E-state index in [4.69, 9.17) is 14.6 Å². The van der Waals surface area contributed by atoms with Gasteiger partial charge in [0, 0.05) is 21.7 Å². The van der Waals surface area contributed by atoms with Crippen LogP contribution >= 0.6 is 34.0 Å². The predicted molar refractivity (Wildman–Crippen MR) is 278 cm³/mol. The molecule has 0 aliphatic carbocycles. The summed E-state index contributed by atoms with van der Waals surface area (Å²) in [6.45, 7) is 23.9. The average Bonchev–Trinajstić information content (AvgIpc) is 4.25. The summed E-state index contributed by atoms with van der Waals surface area (Å²) in [7, 11) is 0. The highest BCUT2D eigenvalue weighted by Crippen LogP contribution is 2.35. The molecule has 0 spiro atoms. The summed E-state index contributed by atoms with van der Waals surface area (Å²) in [5.74, 6) is -7.66. The number of rotatable bonds is 6. The number of aromatic nitrogens is 6. The normalized spacial score (nSPS) is 17.0. The molecule has 29 heteroatoms. The smallest absolute Gasteiger partial charge is 0.275 e. The van der Waals surface area contributed by atoms with Gasteiger partial charge in [-0.2, -0.15) is 0 Å².